The topological polar surface area (TPSA) is 43.6 Å². The molecule has 2 heterocycles. The minimum absolute atomic E-state index is 0.882. The number of unbranched alkanes of at least 4 members (excludes halogenated alkanes) is 3. The molecular formula is C11H16N4. The average molecular weight is 204 g/mol. The van der Waals surface area contributed by atoms with Gasteiger partial charge in [0.2, 0.25) is 0 Å². The Bertz CT molecular complexity index is 382. The Labute approximate surface area is 89.7 Å². The van der Waals surface area contributed by atoms with Gasteiger partial charge in [-0.2, -0.15) is 0 Å². The number of aromatic nitrogens is 4. The first kappa shape index (κ1) is 10.1. The first-order valence-electron chi connectivity index (χ1n) is 5.52. The van der Waals surface area contributed by atoms with Crippen LogP contribution in [0, 0.1) is 0 Å². The Balaban J connectivity index is 1.99. The summed E-state index contributed by atoms with van der Waals surface area (Å²) in [5.41, 5.74) is 0.882. The van der Waals surface area contributed by atoms with Crippen molar-refractivity contribution in [3.63, 3.8) is 0 Å². The molecule has 4 nitrogen and oxygen atoms in total. The number of fused-ring (bicyclic) bond motifs is 1. The molecule has 0 N–H and O–H groups in total. The van der Waals surface area contributed by atoms with E-state index >= 15 is 0 Å². The summed E-state index contributed by atoms with van der Waals surface area (Å²) < 4.78 is 2.08. The monoisotopic (exact) mass is 204 g/mol. The SMILES string of the molecule is CCCCCCn1cncc2ncnc1-2. The van der Waals surface area contributed by atoms with Gasteiger partial charge < -0.3 is 4.57 Å². The highest BCUT2D eigenvalue weighted by Gasteiger charge is 2.08. The van der Waals surface area contributed by atoms with Crippen molar-refractivity contribution in [3.05, 3.63) is 18.9 Å². The lowest BCUT2D eigenvalue weighted by molar-refractivity contribution is 0.574. The molecule has 0 fully saturated rings. The van der Waals surface area contributed by atoms with Gasteiger partial charge in [-0.05, 0) is 6.42 Å². The Morgan fingerprint density at radius 1 is 1.20 bits per heavy atom. The summed E-state index contributed by atoms with van der Waals surface area (Å²) in [6.07, 6.45) is 10.2. The second kappa shape index (κ2) is 4.87. The van der Waals surface area contributed by atoms with E-state index in [4.69, 9.17) is 0 Å². The smallest absolute Gasteiger partial charge is 0.163 e. The van der Waals surface area contributed by atoms with E-state index in [0.717, 1.165) is 18.1 Å². The van der Waals surface area contributed by atoms with Crippen LogP contribution >= 0.6 is 0 Å². The maximum atomic E-state index is 4.23. The van der Waals surface area contributed by atoms with Gasteiger partial charge in [-0.15, -0.1) is 0 Å². The van der Waals surface area contributed by atoms with Gasteiger partial charge in [0.25, 0.3) is 0 Å². The maximum absolute atomic E-state index is 4.23. The summed E-state index contributed by atoms with van der Waals surface area (Å²) >= 11 is 0. The van der Waals surface area contributed by atoms with E-state index in [1.165, 1.54) is 25.7 Å². The molecule has 0 aromatic heterocycles. The van der Waals surface area contributed by atoms with Gasteiger partial charge in [-0.25, -0.2) is 15.0 Å². The molecule has 4 heteroatoms. The largest absolute Gasteiger partial charge is 0.315 e. The van der Waals surface area contributed by atoms with Crippen molar-refractivity contribution in [2.24, 2.45) is 0 Å². The molecule has 0 aliphatic carbocycles. The van der Waals surface area contributed by atoms with E-state index in [9.17, 15) is 0 Å². The van der Waals surface area contributed by atoms with Crippen LogP contribution in [0.3, 0.4) is 0 Å². The predicted molar refractivity (Wildman–Crippen MR) is 58.6 cm³/mol. The van der Waals surface area contributed by atoms with Crippen LogP contribution in [0.15, 0.2) is 18.9 Å². The predicted octanol–water partition coefficient (Wildman–Crippen LogP) is 2.36. The summed E-state index contributed by atoms with van der Waals surface area (Å²) in [5, 5.41) is 0. The number of hydrogen-bond donors (Lipinski definition) is 0. The van der Waals surface area contributed by atoms with Gasteiger partial charge in [0.1, 0.15) is 12.0 Å². The minimum Gasteiger partial charge on any atom is -0.315 e. The summed E-state index contributed by atoms with van der Waals surface area (Å²) in [6.45, 7) is 3.21. The summed E-state index contributed by atoms with van der Waals surface area (Å²) in [7, 11) is 0. The minimum atomic E-state index is 0.882. The summed E-state index contributed by atoms with van der Waals surface area (Å²) in [4.78, 5) is 12.5. The summed E-state index contributed by atoms with van der Waals surface area (Å²) in [6, 6.07) is 0. The average Bonchev–Trinajstić information content (AvgIpc) is 2.73. The molecule has 2 aliphatic rings. The zero-order valence-electron chi connectivity index (χ0n) is 9.06. The van der Waals surface area contributed by atoms with E-state index in [1.807, 2.05) is 6.33 Å². The quantitative estimate of drug-likeness (QED) is 0.702. The third-order valence-corrected chi connectivity index (χ3v) is 2.53. The van der Waals surface area contributed by atoms with Gasteiger partial charge in [0.15, 0.2) is 5.82 Å². The molecule has 2 aliphatic heterocycles. The molecule has 0 bridgehead atoms. The molecule has 0 aromatic rings. The van der Waals surface area contributed by atoms with E-state index in [1.54, 1.807) is 12.5 Å². The molecule has 0 radical (unpaired) electrons. The third kappa shape index (κ3) is 2.32. The number of nitrogens with zero attached hydrogens (tertiary/aromatic N) is 4. The molecule has 0 saturated carbocycles. The van der Waals surface area contributed by atoms with E-state index in [-0.39, 0.29) is 0 Å². The number of hydrogen-bond acceptors (Lipinski definition) is 3. The third-order valence-electron chi connectivity index (χ3n) is 2.53. The van der Waals surface area contributed by atoms with E-state index in [2.05, 4.69) is 26.4 Å². The van der Waals surface area contributed by atoms with Crippen LogP contribution < -0.4 is 0 Å². The highest BCUT2D eigenvalue weighted by atomic mass is 15.1. The van der Waals surface area contributed by atoms with Crippen molar-refractivity contribution >= 4 is 0 Å². The van der Waals surface area contributed by atoms with Gasteiger partial charge in [-0.1, -0.05) is 26.2 Å². The maximum Gasteiger partial charge on any atom is 0.163 e. The van der Waals surface area contributed by atoms with Crippen LogP contribution in [-0.2, 0) is 6.54 Å². The Morgan fingerprint density at radius 2 is 2.13 bits per heavy atom. The van der Waals surface area contributed by atoms with Crippen LogP contribution in [0.1, 0.15) is 32.6 Å². The highest BCUT2D eigenvalue weighted by Crippen LogP contribution is 2.15. The fourth-order valence-corrected chi connectivity index (χ4v) is 1.69. The van der Waals surface area contributed by atoms with Crippen molar-refractivity contribution in [1.29, 1.82) is 0 Å². The first-order chi connectivity index (χ1) is 7.42. The molecule has 80 valence electrons. The highest BCUT2D eigenvalue weighted by molar-refractivity contribution is 5.48. The molecule has 15 heavy (non-hydrogen) atoms. The van der Waals surface area contributed by atoms with Gasteiger partial charge in [0.05, 0.1) is 12.5 Å². The lowest BCUT2D eigenvalue weighted by atomic mass is 10.2. The van der Waals surface area contributed by atoms with Crippen molar-refractivity contribution < 1.29 is 0 Å². The van der Waals surface area contributed by atoms with Crippen LogP contribution in [0.4, 0.5) is 0 Å². The van der Waals surface area contributed by atoms with Crippen LogP contribution in [-0.4, -0.2) is 19.5 Å². The molecule has 0 saturated heterocycles. The fraction of sp³-hybridized carbons (Fsp3) is 0.545. The molecule has 0 amide bonds. The fourth-order valence-electron chi connectivity index (χ4n) is 1.69. The Kier molecular flexibility index (Phi) is 3.27. The number of imidazole rings is 1. The normalized spacial score (nSPS) is 11.0. The van der Waals surface area contributed by atoms with E-state index < -0.39 is 0 Å². The number of aryl methyl sites for hydroxylation is 1. The van der Waals surface area contributed by atoms with Crippen molar-refractivity contribution in [1.82, 2.24) is 19.5 Å². The first-order valence-corrected chi connectivity index (χ1v) is 5.52. The second-order valence-corrected chi connectivity index (χ2v) is 3.73. The van der Waals surface area contributed by atoms with E-state index in [0.29, 0.717) is 0 Å². The molecule has 0 unspecified atom stereocenters. The van der Waals surface area contributed by atoms with Gasteiger partial charge in [-0.3, -0.25) is 0 Å². The van der Waals surface area contributed by atoms with Gasteiger partial charge >= 0.3 is 0 Å². The van der Waals surface area contributed by atoms with Gasteiger partial charge in [0, 0.05) is 6.54 Å². The van der Waals surface area contributed by atoms with Crippen LogP contribution in [0.5, 0.6) is 0 Å². The van der Waals surface area contributed by atoms with Crippen LogP contribution in [0.2, 0.25) is 0 Å². The molecule has 0 spiro atoms. The van der Waals surface area contributed by atoms with Crippen molar-refractivity contribution in [3.8, 4) is 11.5 Å². The van der Waals surface area contributed by atoms with Crippen molar-refractivity contribution in [2.45, 2.75) is 39.2 Å². The van der Waals surface area contributed by atoms with Crippen LogP contribution in [0.25, 0.3) is 11.5 Å². The standard InChI is InChI=1S/C11H16N4/c1-2-3-4-5-6-15-9-12-7-10-11(15)14-8-13-10/h7-9H,2-6H2,1H3. The second-order valence-electron chi connectivity index (χ2n) is 3.73. The lowest BCUT2D eigenvalue weighted by Crippen LogP contribution is -2.04. The molecule has 0 aromatic carbocycles. The Hall–Kier alpha value is -1.45. The Morgan fingerprint density at radius 3 is 3.00 bits per heavy atom. The molecular weight excluding hydrogens is 188 g/mol. The lowest BCUT2D eigenvalue weighted by Gasteiger charge is -2.08. The summed E-state index contributed by atoms with van der Waals surface area (Å²) in [5.74, 6) is 0.946. The zero-order chi connectivity index (χ0) is 10.5. The molecule has 2 rings (SSSR count). The zero-order valence-corrected chi connectivity index (χ0v) is 9.06. The van der Waals surface area contributed by atoms with Crippen molar-refractivity contribution in [2.75, 3.05) is 0 Å². The number of rotatable bonds is 5. The molecule has 0 atom stereocenters.